The van der Waals surface area contributed by atoms with Crippen molar-refractivity contribution in [3.63, 3.8) is 0 Å². The molecule has 0 aliphatic heterocycles. The van der Waals surface area contributed by atoms with Crippen molar-refractivity contribution in [2.75, 3.05) is 11.3 Å². The van der Waals surface area contributed by atoms with Crippen molar-refractivity contribution >= 4 is 21.7 Å². The molecule has 2 aromatic rings. The van der Waals surface area contributed by atoms with Gasteiger partial charge in [-0.25, -0.2) is 13.2 Å². The number of hydrogen-bond donors (Lipinski definition) is 2. The number of benzene rings is 2. The van der Waals surface area contributed by atoms with E-state index < -0.39 is 22.6 Å². The number of aliphatic carboxylic acids is 1. The van der Waals surface area contributed by atoms with Gasteiger partial charge in [-0.2, -0.15) is 0 Å². The normalized spacial score (nSPS) is 11.0. The molecule has 23 heavy (non-hydrogen) atoms. The van der Waals surface area contributed by atoms with Crippen LogP contribution in [0.4, 0.5) is 5.69 Å². The number of ether oxygens (including phenoxy) is 1. The summed E-state index contributed by atoms with van der Waals surface area (Å²) >= 11 is 0. The molecule has 2 aromatic carbocycles. The predicted molar refractivity (Wildman–Crippen MR) is 86.3 cm³/mol. The number of carboxylic acid groups (broad SMARTS) is 1. The average Bonchev–Trinajstić information content (AvgIpc) is 2.45. The molecule has 0 radical (unpaired) electrons. The summed E-state index contributed by atoms with van der Waals surface area (Å²) in [5, 5.41) is 8.61. The summed E-state index contributed by atoms with van der Waals surface area (Å²) in [5.41, 5.74) is 1.96. The maximum atomic E-state index is 12.4. The van der Waals surface area contributed by atoms with Crippen molar-refractivity contribution in [3.8, 4) is 5.75 Å². The Morgan fingerprint density at radius 2 is 1.91 bits per heavy atom. The molecule has 0 saturated carbocycles. The van der Waals surface area contributed by atoms with Crippen molar-refractivity contribution in [1.82, 2.24) is 0 Å². The number of hydrogen-bond acceptors (Lipinski definition) is 4. The van der Waals surface area contributed by atoms with Crippen LogP contribution < -0.4 is 9.46 Å². The summed E-state index contributed by atoms with van der Waals surface area (Å²) in [6, 6.07) is 11.3. The van der Waals surface area contributed by atoms with Gasteiger partial charge in [-0.1, -0.05) is 12.1 Å². The maximum Gasteiger partial charge on any atom is 0.341 e. The monoisotopic (exact) mass is 335 g/mol. The molecular formula is C16H17NO5S. The van der Waals surface area contributed by atoms with Crippen LogP contribution in [0.15, 0.2) is 47.4 Å². The van der Waals surface area contributed by atoms with Crippen LogP contribution in [0.5, 0.6) is 5.75 Å². The number of nitrogens with one attached hydrogen (secondary N) is 1. The van der Waals surface area contributed by atoms with Gasteiger partial charge in [0, 0.05) is 5.69 Å². The average molecular weight is 335 g/mol. The van der Waals surface area contributed by atoms with Crippen LogP contribution in [0.2, 0.25) is 0 Å². The highest BCUT2D eigenvalue weighted by atomic mass is 32.2. The van der Waals surface area contributed by atoms with Crippen molar-refractivity contribution < 1.29 is 23.1 Å². The van der Waals surface area contributed by atoms with Gasteiger partial charge in [0.05, 0.1) is 4.90 Å². The van der Waals surface area contributed by atoms with E-state index in [2.05, 4.69) is 4.72 Å². The van der Waals surface area contributed by atoms with Crippen LogP contribution in [0.3, 0.4) is 0 Å². The fourth-order valence-electron chi connectivity index (χ4n) is 2.01. The van der Waals surface area contributed by atoms with E-state index in [4.69, 9.17) is 9.84 Å². The Morgan fingerprint density at radius 1 is 1.17 bits per heavy atom. The predicted octanol–water partition coefficient (Wildman–Crippen LogP) is 2.57. The minimum Gasteiger partial charge on any atom is -0.482 e. The number of carboxylic acids is 1. The lowest BCUT2D eigenvalue weighted by molar-refractivity contribution is -0.139. The molecule has 7 heteroatoms. The summed E-state index contributed by atoms with van der Waals surface area (Å²) in [5.74, 6) is -0.760. The molecule has 0 heterocycles. The number of carbonyl (C=O) groups is 1. The highest BCUT2D eigenvalue weighted by Gasteiger charge is 2.16. The Labute approximate surface area is 134 Å². The first-order valence-corrected chi connectivity index (χ1v) is 8.31. The van der Waals surface area contributed by atoms with E-state index in [-0.39, 0.29) is 4.90 Å². The summed E-state index contributed by atoms with van der Waals surface area (Å²) < 4.78 is 32.4. The summed E-state index contributed by atoms with van der Waals surface area (Å²) in [4.78, 5) is 10.6. The van der Waals surface area contributed by atoms with Gasteiger partial charge in [-0.05, 0) is 55.3 Å². The fraction of sp³-hybridized carbons (Fsp3) is 0.188. The molecule has 2 rings (SSSR count). The third-order valence-corrected chi connectivity index (χ3v) is 4.46. The minimum atomic E-state index is -3.72. The standard InChI is InChI=1S/C16H17NO5S/c1-11-4-3-5-13(8-11)17-23(20,21)14-6-7-15(12(2)9-14)22-10-16(18)19/h3-9,17H,10H2,1-2H3,(H,18,19). The van der Waals surface area contributed by atoms with Crippen molar-refractivity contribution in [3.05, 3.63) is 53.6 Å². The van der Waals surface area contributed by atoms with E-state index in [9.17, 15) is 13.2 Å². The lowest BCUT2D eigenvalue weighted by Gasteiger charge is -2.11. The third kappa shape index (κ3) is 4.46. The van der Waals surface area contributed by atoms with E-state index in [1.165, 1.54) is 18.2 Å². The Kier molecular flexibility index (Phi) is 4.90. The molecule has 122 valence electrons. The van der Waals surface area contributed by atoms with Gasteiger partial charge in [0.2, 0.25) is 0 Å². The molecule has 0 aliphatic rings. The third-order valence-electron chi connectivity index (χ3n) is 3.08. The molecule has 0 saturated heterocycles. The molecule has 0 fully saturated rings. The van der Waals surface area contributed by atoms with Crippen LogP contribution in [0, 0.1) is 13.8 Å². The molecule has 0 aliphatic carbocycles. The highest BCUT2D eigenvalue weighted by molar-refractivity contribution is 7.92. The van der Waals surface area contributed by atoms with Crippen molar-refractivity contribution in [2.24, 2.45) is 0 Å². The van der Waals surface area contributed by atoms with Crippen molar-refractivity contribution in [2.45, 2.75) is 18.7 Å². The Balaban J connectivity index is 2.23. The second kappa shape index (κ2) is 6.70. The molecule has 2 N–H and O–H groups in total. The topological polar surface area (TPSA) is 92.7 Å². The highest BCUT2D eigenvalue weighted by Crippen LogP contribution is 2.23. The smallest absolute Gasteiger partial charge is 0.341 e. The Morgan fingerprint density at radius 3 is 2.52 bits per heavy atom. The summed E-state index contributed by atoms with van der Waals surface area (Å²) in [7, 11) is -3.72. The SMILES string of the molecule is Cc1cccc(NS(=O)(=O)c2ccc(OCC(=O)O)c(C)c2)c1. The van der Waals surface area contributed by atoms with Crippen LogP contribution in [0.25, 0.3) is 0 Å². The van der Waals surface area contributed by atoms with Gasteiger partial charge in [-0.15, -0.1) is 0 Å². The lowest BCUT2D eigenvalue weighted by Crippen LogP contribution is -2.14. The molecular weight excluding hydrogens is 318 g/mol. The minimum absolute atomic E-state index is 0.0826. The zero-order valence-electron chi connectivity index (χ0n) is 12.7. The second-order valence-corrected chi connectivity index (χ2v) is 6.77. The zero-order valence-corrected chi connectivity index (χ0v) is 13.6. The molecule has 0 spiro atoms. The van der Waals surface area contributed by atoms with E-state index in [1.54, 1.807) is 25.1 Å². The Bertz CT molecular complexity index is 830. The number of rotatable bonds is 6. The van der Waals surface area contributed by atoms with E-state index >= 15 is 0 Å². The van der Waals surface area contributed by atoms with Gasteiger partial charge >= 0.3 is 5.97 Å². The number of anilines is 1. The van der Waals surface area contributed by atoms with Crippen LogP contribution in [-0.2, 0) is 14.8 Å². The van der Waals surface area contributed by atoms with Crippen molar-refractivity contribution in [1.29, 1.82) is 0 Å². The van der Waals surface area contributed by atoms with Gasteiger partial charge < -0.3 is 9.84 Å². The van der Waals surface area contributed by atoms with Crippen LogP contribution in [0.1, 0.15) is 11.1 Å². The molecule has 0 aromatic heterocycles. The first-order valence-electron chi connectivity index (χ1n) is 6.83. The quantitative estimate of drug-likeness (QED) is 0.846. The summed E-state index contributed by atoms with van der Waals surface area (Å²) in [6.07, 6.45) is 0. The molecule has 0 unspecified atom stereocenters. The van der Waals surface area contributed by atoms with Gasteiger partial charge in [0.25, 0.3) is 10.0 Å². The van der Waals surface area contributed by atoms with E-state index in [0.717, 1.165) is 5.56 Å². The molecule has 0 atom stereocenters. The van der Waals surface area contributed by atoms with Gasteiger partial charge in [0.1, 0.15) is 5.75 Å². The molecule has 0 bridgehead atoms. The number of aryl methyl sites for hydroxylation is 2. The van der Waals surface area contributed by atoms with E-state index in [0.29, 0.717) is 17.0 Å². The first-order chi connectivity index (χ1) is 10.8. The largest absolute Gasteiger partial charge is 0.482 e. The zero-order chi connectivity index (χ0) is 17.0. The maximum absolute atomic E-state index is 12.4. The van der Waals surface area contributed by atoms with Crippen LogP contribution >= 0.6 is 0 Å². The molecule has 6 nitrogen and oxygen atoms in total. The Hall–Kier alpha value is -2.54. The summed E-state index contributed by atoms with van der Waals surface area (Å²) in [6.45, 7) is 3.05. The first kappa shape index (κ1) is 16.8. The van der Waals surface area contributed by atoms with E-state index in [1.807, 2.05) is 13.0 Å². The lowest BCUT2D eigenvalue weighted by atomic mass is 10.2. The van der Waals surface area contributed by atoms with Gasteiger partial charge in [0.15, 0.2) is 6.61 Å². The second-order valence-electron chi connectivity index (χ2n) is 5.08. The van der Waals surface area contributed by atoms with Gasteiger partial charge in [-0.3, -0.25) is 4.72 Å². The fourth-order valence-corrected chi connectivity index (χ4v) is 3.15. The van der Waals surface area contributed by atoms with Crippen LogP contribution in [-0.4, -0.2) is 26.1 Å². The number of sulfonamides is 1. The molecule has 0 amide bonds.